The first-order valence-electron chi connectivity index (χ1n) is 9.35. The van der Waals surface area contributed by atoms with Gasteiger partial charge in [-0.1, -0.05) is 60.1 Å². The van der Waals surface area contributed by atoms with Gasteiger partial charge in [0.25, 0.3) is 5.56 Å². The minimum Gasteiger partial charge on any atom is -0.392 e. The van der Waals surface area contributed by atoms with E-state index in [1.807, 2.05) is 48.5 Å². The molecule has 0 aliphatic rings. The van der Waals surface area contributed by atoms with Gasteiger partial charge in [0.05, 0.1) is 12.3 Å². The van der Waals surface area contributed by atoms with Crippen molar-refractivity contribution in [3.05, 3.63) is 93.5 Å². The van der Waals surface area contributed by atoms with Gasteiger partial charge in [0.1, 0.15) is 12.1 Å². The number of nitrogens with one attached hydrogen (secondary N) is 1. The standard InChI is InChI=1S/C22H19ClN4O3/c23-18-9-5-4-8-16(18)12-24-19(29)13-26-10-11-27-21(22(26)30)17(14-28)20(25-27)15-6-2-1-3-7-15/h1-11,28H,12-14H2,(H,24,29). The molecular weight excluding hydrogens is 404 g/mol. The maximum atomic E-state index is 13.0. The summed E-state index contributed by atoms with van der Waals surface area (Å²) in [4.78, 5) is 25.4. The molecule has 0 spiro atoms. The van der Waals surface area contributed by atoms with E-state index < -0.39 is 5.56 Å². The lowest BCUT2D eigenvalue weighted by Crippen LogP contribution is -2.32. The highest BCUT2D eigenvalue weighted by Crippen LogP contribution is 2.24. The summed E-state index contributed by atoms with van der Waals surface area (Å²) in [5, 5.41) is 17.7. The molecule has 4 rings (SSSR count). The van der Waals surface area contributed by atoms with Crippen molar-refractivity contribution < 1.29 is 9.90 Å². The predicted octanol–water partition coefficient (Wildman–Crippen LogP) is 2.63. The number of aliphatic hydroxyl groups is 1. The van der Waals surface area contributed by atoms with E-state index >= 15 is 0 Å². The number of nitrogens with zero attached hydrogens (tertiary/aromatic N) is 3. The largest absolute Gasteiger partial charge is 0.392 e. The number of rotatable bonds is 6. The summed E-state index contributed by atoms with van der Waals surface area (Å²) in [6, 6.07) is 16.6. The van der Waals surface area contributed by atoms with Gasteiger partial charge in [0.2, 0.25) is 5.91 Å². The van der Waals surface area contributed by atoms with Gasteiger partial charge in [-0.3, -0.25) is 9.59 Å². The molecule has 8 heteroatoms. The highest BCUT2D eigenvalue weighted by Gasteiger charge is 2.18. The number of hydrogen-bond donors (Lipinski definition) is 2. The van der Waals surface area contributed by atoms with E-state index in [0.29, 0.717) is 16.3 Å². The van der Waals surface area contributed by atoms with Crippen LogP contribution in [0.4, 0.5) is 0 Å². The molecule has 0 saturated carbocycles. The first-order valence-corrected chi connectivity index (χ1v) is 9.73. The van der Waals surface area contributed by atoms with Crippen molar-refractivity contribution in [1.29, 1.82) is 0 Å². The van der Waals surface area contributed by atoms with E-state index in [1.54, 1.807) is 12.3 Å². The number of amides is 1. The lowest BCUT2D eigenvalue weighted by atomic mass is 10.1. The van der Waals surface area contributed by atoms with E-state index in [0.717, 1.165) is 11.1 Å². The van der Waals surface area contributed by atoms with Crippen molar-refractivity contribution >= 4 is 23.0 Å². The molecule has 2 aromatic carbocycles. The van der Waals surface area contributed by atoms with Crippen LogP contribution in [0.1, 0.15) is 11.1 Å². The van der Waals surface area contributed by atoms with Crippen LogP contribution >= 0.6 is 11.6 Å². The number of aliphatic hydroxyl groups excluding tert-OH is 1. The number of fused-ring (bicyclic) bond motifs is 1. The quantitative estimate of drug-likeness (QED) is 0.500. The SMILES string of the molecule is O=C(Cn1ccn2nc(-c3ccccc3)c(CO)c2c1=O)NCc1ccccc1Cl. The zero-order chi connectivity index (χ0) is 21.1. The van der Waals surface area contributed by atoms with Crippen LogP contribution in [0.5, 0.6) is 0 Å². The molecule has 152 valence electrons. The van der Waals surface area contributed by atoms with Crippen molar-refractivity contribution in [2.24, 2.45) is 0 Å². The summed E-state index contributed by atoms with van der Waals surface area (Å²) in [5.74, 6) is -0.324. The minimum absolute atomic E-state index is 0.156. The van der Waals surface area contributed by atoms with Crippen LogP contribution in [0, 0.1) is 0 Å². The normalized spacial score (nSPS) is 11.0. The maximum absolute atomic E-state index is 13.0. The third kappa shape index (κ3) is 3.85. The summed E-state index contributed by atoms with van der Waals surface area (Å²) in [7, 11) is 0. The van der Waals surface area contributed by atoms with Gasteiger partial charge in [-0.15, -0.1) is 0 Å². The number of benzene rings is 2. The Kier molecular flexibility index (Phi) is 5.65. The summed E-state index contributed by atoms with van der Waals surface area (Å²) in [6.07, 6.45) is 3.11. The highest BCUT2D eigenvalue weighted by molar-refractivity contribution is 6.31. The van der Waals surface area contributed by atoms with E-state index in [1.165, 1.54) is 15.3 Å². The molecule has 2 aromatic heterocycles. The van der Waals surface area contributed by atoms with E-state index in [4.69, 9.17) is 11.6 Å². The molecule has 0 unspecified atom stereocenters. The lowest BCUT2D eigenvalue weighted by Gasteiger charge is -2.09. The average Bonchev–Trinajstić information content (AvgIpc) is 3.15. The Bertz CT molecular complexity index is 1260. The van der Waals surface area contributed by atoms with Crippen LogP contribution in [0.2, 0.25) is 5.02 Å². The maximum Gasteiger partial charge on any atom is 0.277 e. The Balaban J connectivity index is 1.61. The predicted molar refractivity (Wildman–Crippen MR) is 114 cm³/mol. The van der Waals surface area contributed by atoms with Gasteiger partial charge in [0.15, 0.2) is 0 Å². The number of hydrogen-bond acceptors (Lipinski definition) is 4. The number of halogens is 1. The Morgan fingerprint density at radius 2 is 1.80 bits per heavy atom. The van der Waals surface area contributed by atoms with Crippen molar-refractivity contribution in [2.75, 3.05) is 0 Å². The summed E-state index contributed by atoms with van der Waals surface area (Å²) in [5.41, 5.74) is 2.41. The second kappa shape index (κ2) is 8.52. The molecule has 1 amide bonds. The number of carbonyl (C=O) groups is 1. The fourth-order valence-electron chi connectivity index (χ4n) is 3.30. The molecule has 0 radical (unpaired) electrons. The Labute approximate surface area is 177 Å². The molecule has 2 heterocycles. The van der Waals surface area contributed by atoms with Gasteiger partial charge >= 0.3 is 0 Å². The second-order valence-electron chi connectivity index (χ2n) is 6.74. The Hall–Kier alpha value is -3.42. The van der Waals surface area contributed by atoms with Crippen LogP contribution in [0.3, 0.4) is 0 Å². The van der Waals surface area contributed by atoms with E-state index in [2.05, 4.69) is 10.4 Å². The molecular formula is C22H19ClN4O3. The van der Waals surface area contributed by atoms with Gasteiger partial charge in [0, 0.05) is 35.1 Å². The molecule has 0 atom stereocenters. The third-order valence-electron chi connectivity index (χ3n) is 4.81. The fourth-order valence-corrected chi connectivity index (χ4v) is 3.50. The van der Waals surface area contributed by atoms with Gasteiger partial charge in [-0.2, -0.15) is 5.10 Å². The van der Waals surface area contributed by atoms with Crippen molar-refractivity contribution in [1.82, 2.24) is 19.5 Å². The van der Waals surface area contributed by atoms with Gasteiger partial charge in [-0.25, -0.2) is 4.52 Å². The highest BCUT2D eigenvalue weighted by atomic mass is 35.5. The van der Waals surface area contributed by atoms with Crippen LogP contribution < -0.4 is 10.9 Å². The van der Waals surface area contributed by atoms with Gasteiger partial charge in [-0.05, 0) is 11.6 Å². The smallest absolute Gasteiger partial charge is 0.277 e. The summed E-state index contributed by atoms with van der Waals surface area (Å²) >= 11 is 6.10. The number of carbonyl (C=O) groups excluding carboxylic acids is 1. The van der Waals surface area contributed by atoms with Crippen molar-refractivity contribution in [2.45, 2.75) is 19.7 Å². The van der Waals surface area contributed by atoms with E-state index in [9.17, 15) is 14.7 Å². The third-order valence-corrected chi connectivity index (χ3v) is 5.18. The van der Waals surface area contributed by atoms with Crippen molar-refractivity contribution in [3.63, 3.8) is 0 Å². The number of aromatic nitrogens is 3. The first-order chi connectivity index (χ1) is 14.6. The zero-order valence-corrected chi connectivity index (χ0v) is 16.7. The molecule has 2 N–H and O–H groups in total. The van der Waals surface area contributed by atoms with Crippen LogP contribution in [0.15, 0.2) is 71.8 Å². The molecule has 30 heavy (non-hydrogen) atoms. The molecule has 4 aromatic rings. The molecule has 0 aliphatic carbocycles. The Morgan fingerprint density at radius 3 is 2.53 bits per heavy atom. The molecule has 0 aliphatic heterocycles. The fraction of sp³-hybridized carbons (Fsp3) is 0.136. The second-order valence-corrected chi connectivity index (χ2v) is 7.15. The van der Waals surface area contributed by atoms with Crippen LogP contribution in [-0.4, -0.2) is 25.2 Å². The topological polar surface area (TPSA) is 88.6 Å². The Morgan fingerprint density at radius 1 is 1.07 bits per heavy atom. The van der Waals surface area contributed by atoms with Crippen molar-refractivity contribution in [3.8, 4) is 11.3 Å². The van der Waals surface area contributed by atoms with Crippen LogP contribution in [0.25, 0.3) is 16.8 Å². The lowest BCUT2D eigenvalue weighted by molar-refractivity contribution is -0.121. The summed E-state index contributed by atoms with van der Waals surface area (Å²) in [6.45, 7) is -0.232. The zero-order valence-electron chi connectivity index (χ0n) is 16.0. The molecule has 7 nitrogen and oxygen atoms in total. The van der Waals surface area contributed by atoms with E-state index in [-0.39, 0.29) is 31.1 Å². The monoisotopic (exact) mass is 422 g/mol. The molecule has 0 saturated heterocycles. The average molecular weight is 423 g/mol. The summed E-state index contributed by atoms with van der Waals surface area (Å²) < 4.78 is 2.74. The molecule has 0 fully saturated rings. The van der Waals surface area contributed by atoms with Gasteiger partial charge < -0.3 is 15.0 Å². The first kappa shape index (κ1) is 19.9. The minimum atomic E-state index is -0.399. The van der Waals surface area contributed by atoms with Crippen LogP contribution in [-0.2, 0) is 24.5 Å². The molecule has 0 bridgehead atoms.